The first-order valence-electron chi connectivity index (χ1n) is 12.5. The van der Waals surface area contributed by atoms with Crippen LogP contribution in [0.3, 0.4) is 0 Å². The summed E-state index contributed by atoms with van der Waals surface area (Å²) in [5.74, 6) is -0.670. The van der Waals surface area contributed by atoms with E-state index in [-0.39, 0.29) is 11.9 Å². The van der Waals surface area contributed by atoms with Gasteiger partial charge in [-0.1, -0.05) is 24.3 Å². The summed E-state index contributed by atoms with van der Waals surface area (Å²) in [6, 6.07) is 17.3. The van der Waals surface area contributed by atoms with Crippen LogP contribution in [0.25, 0.3) is 32.4 Å². The number of carbonyl (C=O) groups is 2. The molecular weight excluding hydrogens is 496 g/mol. The molecule has 0 radical (unpaired) electrons. The van der Waals surface area contributed by atoms with E-state index in [4.69, 9.17) is 9.72 Å². The minimum Gasteiger partial charge on any atom is -0.456 e. The van der Waals surface area contributed by atoms with Gasteiger partial charge >= 0.3 is 5.97 Å². The van der Waals surface area contributed by atoms with Gasteiger partial charge in [-0.15, -0.1) is 11.3 Å². The van der Waals surface area contributed by atoms with E-state index in [1.807, 2.05) is 63.2 Å². The zero-order valence-corrected chi connectivity index (χ0v) is 22.1. The number of hydrogen-bond donors (Lipinski definition) is 1. The Morgan fingerprint density at radius 2 is 1.87 bits per heavy atom. The average Bonchev–Trinajstić information content (AvgIpc) is 3.54. The number of nitrogens with zero attached hydrogens (tertiary/aromatic N) is 3. The molecule has 38 heavy (non-hydrogen) atoms. The summed E-state index contributed by atoms with van der Waals surface area (Å²) in [6.45, 7) is 5.53. The Kier molecular flexibility index (Phi) is 5.91. The van der Waals surface area contributed by atoms with Crippen molar-refractivity contribution in [3.8, 4) is 10.6 Å². The van der Waals surface area contributed by atoms with Gasteiger partial charge in [0.1, 0.15) is 16.3 Å². The van der Waals surface area contributed by atoms with Gasteiger partial charge in [-0.05, 0) is 69.5 Å². The van der Waals surface area contributed by atoms with Gasteiger partial charge in [0.05, 0.1) is 28.3 Å². The standard InChI is InChI=1S/C30H26N4O3S/c1-30(2,3)37-29(36)21-14-19(15-24-20(21)13-18-7-4-5-9-22(18)32-24)28-34-25(16-38-28)27(35)33-23-11-10-17-8-6-12-31-26(17)23/h4-9,12-16,23H,10-11H2,1-3H3,(H,33,35). The highest BCUT2D eigenvalue weighted by molar-refractivity contribution is 7.13. The SMILES string of the molecule is CC(C)(C)OC(=O)c1cc(-c2nc(C(=O)NC3CCc4cccnc43)cs2)cc2nc3ccccc3cc12. The molecule has 5 aromatic rings. The largest absolute Gasteiger partial charge is 0.456 e. The smallest absolute Gasteiger partial charge is 0.339 e. The van der Waals surface area contributed by atoms with E-state index >= 15 is 0 Å². The molecule has 0 saturated carbocycles. The molecule has 8 heteroatoms. The van der Waals surface area contributed by atoms with Crippen LogP contribution in [0.5, 0.6) is 0 Å². The molecule has 1 atom stereocenters. The van der Waals surface area contributed by atoms with Crippen molar-refractivity contribution in [1.82, 2.24) is 20.3 Å². The quantitative estimate of drug-likeness (QED) is 0.221. The predicted molar refractivity (Wildman–Crippen MR) is 148 cm³/mol. The Morgan fingerprint density at radius 3 is 2.71 bits per heavy atom. The van der Waals surface area contributed by atoms with Crippen LogP contribution in [0.1, 0.15) is 65.3 Å². The lowest BCUT2D eigenvalue weighted by Gasteiger charge is -2.20. The third-order valence-electron chi connectivity index (χ3n) is 6.50. The number of benzene rings is 2. The van der Waals surface area contributed by atoms with E-state index in [0.29, 0.717) is 32.7 Å². The molecule has 1 N–H and O–H groups in total. The fourth-order valence-electron chi connectivity index (χ4n) is 4.80. The van der Waals surface area contributed by atoms with Gasteiger partial charge in [0.15, 0.2) is 0 Å². The van der Waals surface area contributed by atoms with Crippen molar-refractivity contribution >= 4 is 45.0 Å². The number of carbonyl (C=O) groups excluding carboxylic acids is 2. The van der Waals surface area contributed by atoms with Crippen LogP contribution in [0.4, 0.5) is 0 Å². The molecular formula is C30H26N4O3S. The second-order valence-electron chi connectivity index (χ2n) is 10.4. The summed E-state index contributed by atoms with van der Waals surface area (Å²) >= 11 is 1.35. The molecule has 3 aromatic heterocycles. The lowest BCUT2D eigenvalue weighted by molar-refractivity contribution is 0.00717. The van der Waals surface area contributed by atoms with Crippen molar-refractivity contribution in [2.45, 2.75) is 45.3 Å². The fraction of sp³-hybridized carbons (Fsp3) is 0.233. The van der Waals surface area contributed by atoms with Gasteiger partial charge < -0.3 is 10.1 Å². The normalized spacial score (nSPS) is 15.0. The third kappa shape index (κ3) is 4.63. The fourth-order valence-corrected chi connectivity index (χ4v) is 5.59. The summed E-state index contributed by atoms with van der Waals surface area (Å²) in [4.78, 5) is 40.2. The number of ether oxygens (including phenoxy) is 1. The molecule has 1 amide bonds. The molecule has 6 rings (SSSR count). The second-order valence-corrected chi connectivity index (χ2v) is 11.3. The molecule has 1 unspecified atom stereocenters. The maximum absolute atomic E-state index is 13.3. The van der Waals surface area contributed by atoms with Gasteiger partial charge in [-0.2, -0.15) is 0 Å². The summed E-state index contributed by atoms with van der Waals surface area (Å²) in [6.07, 6.45) is 3.46. The first-order valence-corrected chi connectivity index (χ1v) is 13.4. The first kappa shape index (κ1) is 24.2. The highest BCUT2D eigenvalue weighted by atomic mass is 32.1. The number of esters is 1. The van der Waals surface area contributed by atoms with Crippen molar-refractivity contribution in [1.29, 1.82) is 0 Å². The maximum Gasteiger partial charge on any atom is 0.339 e. The molecule has 7 nitrogen and oxygen atoms in total. The number of nitrogens with one attached hydrogen (secondary N) is 1. The molecule has 0 bridgehead atoms. The van der Waals surface area contributed by atoms with Crippen LogP contribution >= 0.6 is 11.3 Å². The Balaban J connectivity index is 1.36. The van der Waals surface area contributed by atoms with E-state index < -0.39 is 11.6 Å². The summed E-state index contributed by atoms with van der Waals surface area (Å²) in [7, 11) is 0. The van der Waals surface area contributed by atoms with E-state index in [1.54, 1.807) is 17.6 Å². The number of hydrogen-bond acceptors (Lipinski definition) is 7. The lowest BCUT2D eigenvalue weighted by atomic mass is 10.0. The van der Waals surface area contributed by atoms with Crippen LogP contribution in [-0.4, -0.2) is 32.4 Å². The number of rotatable bonds is 4. The number of para-hydroxylation sites is 1. The van der Waals surface area contributed by atoms with E-state index in [2.05, 4.69) is 21.4 Å². The molecule has 0 saturated heterocycles. The van der Waals surface area contributed by atoms with Gasteiger partial charge in [0.2, 0.25) is 0 Å². The zero-order chi connectivity index (χ0) is 26.4. The first-order chi connectivity index (χ1) is 18.2. The highest BCUT2D eigenvalue weighted by Gasteiger charge is 2.27. The molecule has 1 aliphatic rings. The van der Waals surface area contributed by atoms with Crippen LogP contribution in [0.15, 0.2) is 66.2 Å². The number of pyridine rings is 2. The molecule has 1 aliphatic carbocycles. The van der Waals surface area contributed by atoms with Crippen molar-refractivity contribution in [2.75, 3.05) is 0 Å². The van der Waals surface area contributed by atoms with E-state index in [9.17, 15) is 9.59 Å². The van der Waals surface area contributed by atoms with Gasteiger partial charge in [-0.25, -0.2) is 14.8 Å². The molecule has 3 heterocycles. The maximum atomic E-state index is 13.3. The second kappa shape index (κ2) is 9.29. The Labute approximate surface area is 223 Å². The van der Waals surface area contributed by atoms with Gasteiger partial charge in [-0.3, -0.25) is 9.78 Å². The predicted octanol–water partition coefficient (Wildman–Crippen LogP) is 6.28. The number of fused-ring (bicyclic) bond motifs is 3. The molecule has 190 valence electrons. The van der Waals surface area contributed by atoms with Crippen LogP contribution in [0.2, 0.25) is 0 Å². The molecule has 0 spiro atoms. The van der Waals surface area contributed by atoms with Gasteiger partial charge in [0, 0.05) is 27.9 Å². The van der Waals surface area contributed by atoms with E-state index in [0.717, 1.165) is 29.4 Å². The Hall–Kier alpha value is -4.17. The topological polar surface area (TPSA) is 94.1 Å². The van der Waals surface area contributed by atoms with Crippen LogP contribution < -0.4 is 5.32 Å². The molecule has 2 aromatic carbocycles. The van der Waals surface area contributed by atoms with E-state index in [1.165, 1.54) is 16.9 Å². The van der Waals surface area contributed by atoms with Gasteiger partial charge in [0.25, 0.3) is 5.91 Å². The van der Waals surface area contributed by atoms with Crippen molar-refractivity contribution in [3.05, 3.63) is 88.7 Å². The summed E-state index contributed by atoms with van der Waals surface area (Å²) < 4.78 is 5.73. The minimum absolute atomic E-state index is 0.124. The highest BCUT2D eigenvalue weighted by Crippen LogP contribution is 2.33. The summed E-state index contributed by atoms with van der Waals surface area (Å²) in [5.41, 5.74) is 4.39. The molecule has 0 aliphatic heterocycles. The number of thiazole rings is 1. The number of aromatic nitrogens is 3. The Morgan fingerprint density at radius 1 is 1.03 bits per heavy atom. The Bertz CT molecular complexity index is 1720. The van der Waals surface area contributed by atoms with Crippen molar-refractivity contribution < 1.29 is 14.3 Å². The number of amides is 1. The summed E-state index contributed by atoms with van der Waals surface area (Å²) in [5, 5.41) is 7.09. The molecule has 0 fully saturated rings. The van der Waals surface area contributed by atoms with Crippen molar-refractivity contribution in [3.63, 3.8) is 0 Å². The lowest BCUT2D eigenvalue weighted by Crippen LogP contribution is -2.27. The zero-order valence-electron chi connectivity index (χ0n) is 21.3. The average molecular weight is 523 g/mol. The van der Waals surface area contributed by atoms with Crippen molar-refractivity contribution in [2.24, 2.45) is 0 Å². The number of aryl methyl sites for hydroxylation is 1. The third-order valence-corrected chi connectivity index (χ3v) is 7.39. The van der Waals surface area contributed by atoms with Crippen LogP contribution in [0, 0.1) is 0 Å². The monoisotopic (exact) mass is 522 g/mol. The van der Waals surface area contributed by atoms with Crippen LogP contribution in [-0.2, 0) is 11.2 Å². The minimum atomic E-state index is -0.649.